The number of para-hydroxylation sites is 1. The molecule has 1 aromatic rings. The van der Waals surface area contributed by atoms with Crippen LogP contribution in [0, 0.1) is 11.8 Å². The highest BCUT2D eigenvalue weighted by molar-refractivity contribution is 5.71. The quantitative estimate of drug-likeness (QED) is 0.899. The van der Waals surface area contributed by atoms with E-state index in [4.69, 9.17) is 4.74 Å². The predicted molar refractivity (Wildman–Crippen MR) is 77.9 cm³/mol. The molecule has 1 heterocycles. The molecule has 1 aliphatic heterocycles. The molecule has 0 aromatic heterocycles. The third-order valence-corrected chi connectivity index (χ3v) is 4.17. The van der Waals surface area contributed by atoms with Crippen LogP contribution in [-0.4, -0.2) is 35.7 Å². The fraction of sp³-hybridized carbons (Fsp3) is 0.562. The van der Waals surface area contributed by atoms with Crippen molar-refractivity contribution in [1.82, 2.24) is 4.90 Å². The summed E-state index contributed by atoms with van der Waals surface area (Å²) in [6.45, 7) is 8.17. The molecule has 3 atom stereocenters. The lowest BCUT2D eigenvalue weighted by atomic mass is 9.99. The Morgan fingerprint density at radius 1 is 1.45 bits per heavy atom. The van der Waals surface area contributed by atoms with E-state index in [1.54, 1.807) is 0 Å². The summed E-state index contributed by atoms with van der Waals surface area (Å²) in [6, 6.07) is 8.18. The van der Waals surface area contributed by atoms with Gasteiger partial charge in [-0.25, -0.2) is 0 Å². The van der Waals surface area contributed by atoms with E-state index in [0.717, 1.165) is 17.9 Å². The lowest BCUT2D eigenvalue weighted by Gasteiger charge is -2.26. The van der Waals surface area contributed by atoms with Crippen LogP contribution in [0.3, 0.4) is 0 Å². The third-order valence-electron chi connectivity index (χ3n) is 4.17. The number of carbonyl (C=O) groups is 1. The third kappa shape index (κ3) is 2.96. The van der Waals surface area contributed by atoms with E-state index < -0.39 is 5.97 Å². The summed E-state index contributed by atoms with van der Waals surface area (Å²) < 4.78 is 5.68. The van der Waals surface area contributed by atoms with Crippen LogP contribution < -0.4 is 4.74 Å². The molecule has 0 amide bonds. The van der Waals surface area contributed by atoms with Gasteiger partial charge < -0.3 is 9.84 Å². The molecular weight excluding hydrogens is 254 g/mol. The second-order valence-electron chi connectivity index (χ2n) is 5.52. The zero-order valence-corrected chi connectivity index (χ0v) is 12.4. The van der Waals surface area contributed by atoms with Gasteiger partial charge in [-0.15, -0.1) is 0 Å². The van der Waals surface area contributed by atoms with Crippen LogP contribution in [0.4, 0.5) is 0 Å². The fourth-order valence-electron chi connectivity index (χ4n) is 2.95. The molecule has 1 aromatic carbocycles. The van der Waals surface area contributed by atoms with E-state index in [-0.39, 0.29) is 17.9 Å². The summed E-state index contributed by atoms with van der Waals surface area (Å²) in [4.78, 5) is 13.5. The lowest BCUT2D eigenvalue weighted by molar-refractivity contribution is -0.142. The first-order valence-corrected chi connectivity index (χ1v) is 7.23. The molecule has 4 heteroatoms. The molecule has 4 nitrogen and oxygen atoms in total. The van der Waals surface area contributed by atoms with Crippen LogP contribution in [0.2, 0.25) is 0 Å². The van der Waals surface area contributed by atoms with Crippen LogP contribution in [0.15, 0.2) is 24.3 Å². The highest BCUT2D eigenvalue weighted by Crippen LogP contribution is 2.34. The molecule has 1 N–H and O–H groups in total. The Labute approximate surface area is 120 Å². The van der Waals surface area contributed by atoms with E-state index >= 15 is 0 Å². The summed E-state index contributed by atoms with van der Waals surface area (Å²) in [5.41, 5.74) is 1.13. The molecule has 2 rings (SSSR count). The molecule has 0 spiro atoms. The van der Waals surface area contributed by atoms with E-state index in [9.17, 15) is 9.90 Å². The van der Waals surface area contributed by atoms with Gasteiger partial charge in [0.2, 0.25) is 0 Å². The molecule has 3 unspecified atom stereocenters. The van der Waals surface area contributed by atoms with Gasteiger partial charge in [0.05, 0.1) is 12.5 Å². The smallest absolute Gasteiger partial charge is 0.308 e. The topological polar surface area (TPSA) is 49.8 Å². The van der Waals surface area contributed by atoms with Gasteiger partial charge in [0, 0.05) is 24.7 Å². The number of carboxylic acids is 1. The molecule has 0 radical (unpaired) electrons. The first-order chi connectivity index (χ1) is 9.54. The molecule has 0 bridgehead atoms. The minimum atomic E-state index is -0.690. The number of likely N-dealkylation sites (tertiary alicyclic amines) is 1. The van der Waals surface area contributed by atoms with Gasteiger partial charge in [-0.1, -0.05) is 25.1 Å². The van der Waals surface area contributed by atoms with Gasteiger partial charge in [-0.3, -0.25) is 9.69 Å². The molecule has 1 fully saturated rings. The van der Waals surface area contributed by atoms with E-state index in [1.807, 2.05) is 32.0 Å². The zero-order valence-electron chi connectivity index (χ0n) is 12.4. The average Bonchev–Trinajstić information content (AvgIpc) is 2.81. The average molecular weight is 277 g/mol. The number of hydrogen-bond donors (Lipinski definition) is 1. The van der Waals surface area contributed by atoms with Crippen molar-refractivity contribution >= 4 is 5.97 Å². The highest BCUT2D eigenvalue weighted by Gasteiger charge is 2.37. The van der Waals surface area contributed by atoms with Crippen molar-refractivity contribution in [2.45, 2.75) is 26.8 Å². The van der Waals surface area contributed by atoms with E-state index in [2.05, 4.69) is 17.9 Å². The van der Waals surface area contributed by atoms with Crippen molar-refractivity contribution in [3.63, 3.8) is 0 Å². The Bertz CT molecular complexity index is 475. The van der Waals surface area contributed by atoms with E-state index in [0.29, 0.717) is 13.2 Å². The number of carboxylic acid groups (broad SMARTS) is 1. The van der Waals surface area contributed by atoms with Crippen molar-refractivity contribution in [3.8, 4) is 5.75 Å². The van der Waals surface area contributed by atoms with Crippen molar-refractivity contribution in [2.75, 3.05) is 19.7 Å². The zero-order chi connectivity index (χ0) is 14.7. The summed E-state index contributed by atoms with van der Waals surface area (Å²) >= 11 is 0. The van der Waals surface area contributed by atoms with Gasteiger partial charge in [0.1, 0.15) is 5.75 Å². The van der Waals surface area contributed by atoms with Crippen molar-refractivity contribution in [2.24, 2.45) is 11.8 Å². The summed E-state index contributed by atoms with van der Waals surface area (Å²) in [6.07, 6.45) is 0. The second kappa shape index (κ2) is 6.27. The van der Waals surface area contributed by atoms with Crippen LogP contribution in [0.25, 0.3) is 0 Å². The van der Waals surface area contributed by atoms with Crippen LogP contribution in [0.5, 0.6) is 5.75 Å². The molecule has 0 saturated carbocycles. The minimum Gasteiger partial charge on any atom is -0.494 e. The Morgan fingerprint density at radius 2 is 2.15 bits per heavy atom. The molecule has 110 valence electrons. The Hall–Kier alpha value is -1.55. The summed E-state index contributed by atoms with van der Waals surface area (Å²) in [5.74, 6) is 0.130. The van der Waals surface area contributed by atoms with Crippen LogP contribution >= 0.6 is 0 Å². The number of nitrogens with zero attached hydrogens (tertiary/aromatic N) is 1. The van der Waals surface area contributed by atoms with Gasteiger partial charge in [-0.2, -0.15) is 0 Å². The first kappa shape index (κ1) is 14.9. The summed E-state index contributed by atoms with van der Waals surface area (Å²) in [7, 11) is 0. The fourth-order valence-corrected chi connectivity index (χ4v) is 2.95. The number of benzene rings is 1. The number of rotatable bonds is 5. The lowest BCUT2D eigenvalue weighted by Crippen LogP contribution is -2.26. The Kier molecular flexibility index (Phi) is 4.65. The normalized spacial score (nSPS) is 24.6. The Balaban J connectivity index is 2.16. The van der Waals surface area contributed by atoms with Crippen LogP contribution in [-0.2, 0) is 4.79 Å². The van der Waals surface area contributed by atoms with Gasteiger partial charge in [-0.05, 0) is 25.8 Å². The highest BCUT2D eigenvalue weighted by atomic mass is 16.5. The van der Waals surface area contributed by atoms with Crippen molar-refractivity contribution in [1.29, 1.82) is 0 Å². The standard InChI is InChI=1S/C16H23NO3/c1-4-20-15-8-6-5-7-13(15)12(3)17-9-11(2)14(10-17)16(18)19/h5-8,11-12,14H,4,9-10H2,1-3H3,(H,18,19). The van der Waals surface area contributed by atoms with Crippen molar-refractivity contribution in [3.05, 3.63) is 29.8 Å². The monoisotopic (exact) mass is 277 g/mol. The number of aliphatic carboxylic acids is 1. The molecule has 1 aliphatic rings. The maximum Gasteiger partial charge on any atom is 0.308 e. The first-order valence-electron chi connectivity index (χ1n) is 7.23. The Morgan fingerprint density at radius 3 is 2.75 bits per heavy atom. The minimum absolute atomic E-state index is 0.171. The molecule has 0 aliphatic carbocycles. The SMILES string of the molecule is CCOc1ccccc1C(C)N1CC(C)C(C(=O)O)C1. The van der Waals surface area contributed by atoms with Crippen molar-refractivity contribution < 1.29 is 14.6 Å². The molecule has 20 heavy (non-hydrogen) atoms. The maximum absolute atomic E-state index is 11.2. The van der Waals surface area contributed by atoms with Crippen LogP contribution in [0.1, 0.15) is 32.4 Å². The van der Waals surface area contributed by atoms with E-state index in [1.165, 1.54) is 0 Å². The molecular formula is C16H23NO3. The number of ether oxygens (including phenoxy) is 1. The summed E-state index contributed by atoms with van der Waals surface area (Å²) in [5, 5.41) is 9.24. The predicted octanol–water partition coefficient (Wildman–Crippen LogP) is 2.80. The second-order valence-corrected chi connectivity index (χ2v) is 5.52. The van der Waals surface area contributed by atoms with Gasteiger partial charge in [0.15, 0.2) is 0 Å². The largest absolute Gasteiger partial charge is 0.494 e. The maximum atomic E-state index is 11.2. The number of hydrogen-bond acceptors (Lipinski definition) is 3. The molecule has 1 saturated heterocycles. The van der Waals surface area contributed by atoms with Gasteiger partial charge in [0.25, 0.3) is 0 Å². The van der Waals surface area contributed by atoms with Gasteiger partial charge >= 0.3 is 5.97 Å².